The SMILES string of the molecule is CC(c1cccs1)N(C)c1cc(Br)ccc1CCN. The molecule has 2 rings (SSSR count). The van der Waals surface area contributed by atoms with Gasteiger partial charge in [-0.05, 0) is 49.0 Å². The topological polar surface area (TPSA) is 29.3 Å². The number of nitrogens with zero attached hydrogens (tertiary/aromatic N) is 1. The Kier molecular flexibility index (Phi) is 5.02. The van der Waals surface area contributed by atoms with Crippen molar-refractivity contribution in [2.75, 3.05) is 18.5 Å². The fraction of sp³-hybridized carbons (Fsp3) is 0.333. The van der Waals surface area contributed by atoms with E-state index in [2.05, 4.69) is 70.5 Å². The van der Waals surface area contributed by atoms with E-state index in [0.717, 1.165) is 10.9 Å². The fourth-order valence-corrected chi connectivity index (χ4v) is 3.34. The van der Waals surface area contributed by atoms with Crippen LogP contribution in [-0.4, -0.2) is 13.6 Å². The number of hydrogen-bond donors (Lipinski definition) is 1. The molecule has 0 saturated heterocycles. The van der Waals surface area contributed by atoms with Crippen LogP contribution in [0.4, 0.5) is 5.69 Å². The Labute approximate surface area is 127 Å². The van der Waals surface area contributed by atoms with Crippen LogP contribution in [0.25, 0.3) is 0 Å². The van der Waals surface area contributed by atoms with Crippen LogP contribution in [-0.2, 0) is 6.42 Å². The highest BCUT2D eigenvalue weighted by Gasteiger charge is 2.16. The summed E-state index contributed by atoms with van der Waals surface area (Å²) in [6, 6.07) is 11.1. The molecule has 1 atom stereocenters. The van der Waals surface area contributed by atoms with Crippen molar-refractivity contribution in [3.63, 3.8) is 0 Å². The summed E-state index contributed by atoms with van der Waals surface area (Å²) >= 11 is 5.36. The van der Waals surface area contributed by atoms with Gasteiger partial charge < -0.3 is 10.6 Å². The summed E-state index contributed by atoms with van der Waals surface area (Å²) in [5.41, 5.74) is 8.26. The molecule has 0 aliphatic rings. The third-order valence-corrected chi connectivity index (χ3v) is 4.91. The van der Waals surface area contributed by atoms with E-state index < -0.39 is 0 Å². The lowest BCUT2D eigenvalue weighted by atomic mass is 10.1. The lowest BCUT2D eigenvalue weighted by Gasteiger charge is -2.28. The standard InChI is InChI=1S/C15H19BrN2S/c1-11(15-4-3-9-19-15)18(2)14-10-13(16)6-5-12(14)7-8-17/h3-6,9-11H,7-8,17H2,1-2H3. The van der Waals surface area contributed by atoms with Gasteiger partial charge in [0.2, 0.25) is 0 Å². The number of nitrogens with two attached hydrogens (primary N) is 1. The molecule has 2 aromatic rings. The van der Waals surface area contributed by atoms with Crippen molar-refractivity contribution in [3.8, 4) is 0 Å². The summed E-state index contributed by atoms with van der Waals surface area (Å²) in [7, 11) is 2.15. The third kappa shape index (κ3) is 3.38. The van der Waals surface area contributed by atoms with Gasteiger partial charge in [-0.2, -0.15) is 0 Å². The molecule has 0 radical (unpaired) electrons. The van der Waals surface area contributed by atoms with E-state index in [9.17, 15) is 0 Å². The minimum Gasteiger partial charge on any atom is -0.367 e. The van der Waals surface area contributed by atoms with E-state index in [1.54, 1.807) is 11.3 Å². The Morgan fingerprint density at radius 1 is 1.37 bits per heavy atom. The van der Waals surface area contributed by atoms with Crippen LogP contribution in [0, 0.1) is 0 Å². The van der Waals surface area contributed by atoms with Gasteiger partial charge in [-0.3, -0.25) is 0 Å². The second-order valence-corrected chi connectivity index (χ2v) is 6.51. The van der Waals surface area contributed by atoms with Gasteiger partial charge in [0.25, 0.3) is 0 Å². The maximum absolute atomic E-state index is 5.71. The fourth-order valence-electron chi connectivity index (χ4n) is 2.16. The summed E-state index contributed by atoms with van der Waals surface area (Å²) in [6.07, 6.45) is 0.907. The first kappa shape index (κ1) is 14.6. The van der Waals surface area contributed by atoms with Crippen molar-refractivity contribution in [3.05, 3.63) is 50.6 Å². The Bertz CT molecular complexity index is 525. The van der Waals surface area contributed by atoms with Gasteiger partial charge in [-0.1, -0.05) is 28.1 Å². The summed E-state index contributed by atoms with van der Waals surface area (Å²) in [5, 5.41) is 2.13. The zero-order chi connectivity index (χ0) is 13.8. The molecule has 102 valence electrons. The molecular formula is C15H19BrN2S. The first-order chi connectivity index (χ1) is 9.13. The molecule has 0 aliphatic carbocycles. The zero-order valence-electron chi connectivity index (χ0n) is 11.3. The van der Waals surface area contributed by atoms with Crippen LogP contribution in [0.15, 0.2) is 40.2 Å². The second-order valence-electron chi connectivity index (χ2n) is 4.61. The summed E-state index contributed by atoms with van der Waals surface area (Å²) in [4.78, 5) is 3.70. The molecule has 2 nitrogen and oxygen atoms in total. The zero-order valence-corrected chi connectivity index (χ0v) is 13.7. The number of anilines is 1. The average molecular weight is 339 g/mol. The van der Waals surface area contributed by atoms with Gasteiger partial charge in [0.15, 0.2) is 0 Å². The Balaban J connectivity index is 2.31. The summed E-state index contributed by atoms with van der Waals surface area (Å²) < 4.78 is 1.11. The molecule has 2 N–H and O–H groups in total. The first-order valence-corrected chi connectivity index (χ1v) is 8.05. The van der Waals surface area contributed by atoms with Crippen molar-refractivity contribution in [2.24, 2.45) is 5.73 Å². The molecule has 0 spiro atoms. The lowest BCUT2D eigenvalue weighted by molar-refractivity contribution is 0.747. The van der Waals surface area contributed by atoms with Gasteiger partial charge in [-0.25, -0.2) is 0 Å². The first-order valence-electron chi connectivity index (χ1n) is 6.38. The van der Waals surface area contributed by atoms with Crippen molar-refractivity contribution in [2.45, 2.75) is 19.4 Å². The Hall–Kier alpha value is -0.840. The van der Waals surface area contributed by atoms with Crippen molar-refractivity contribution < 1.29 is 0 Å². The highest BCUT2D eigenvalue weighted by molar-refractivity contribution is 9.10. The molecule has 1 heterocycles. The molecule has 0 fully saturated rings. The Morgan fingerprint density at radius 3 is 2.79 bits per heavy atom. The van der Waals surface area contributed by atoms with Crippen LogP contribution >= 0.6 is 27.3 Å². The summed E-state index contributed by atoms with van der Waals surface area (Å²) in [6.45, 7) is 2.91. The number of benzene rings is 1. The molecule has 19 heavy (non-hydrogen) atoms. The van der Waals surface area contributed by atoms with E-state index >= 15 is 0 Å². The number of hydrogen-bond acceptors (Lipinski definition) is 3. The minimum atomic E-state index is 0.367. The van der Waals surface area contributed by atoms with E-state index in [1.165, 1.54) is 16.1 Å². The highest BCUT2D eigenvalue weighted by atomic mass is 79.9. The maximum atomic E-state index is 5.71. The van der Waals surface area contributed by atoms with Gasteiger partial charge in [0.05, 0.1) is 6.04 Å². The normalized spacial score (nSPS) is 12.4. The summed E-state index contributed by atoms with van der Waals surface area (Å²) in [5.74, 6) is 0. The number of rotatable bonds is 5. The molecule has 0 bridgehead atoms. The molecule has 1 aromatic carbocycles. The molecule has 0 amide bonds. The molecule has 0 aliphatic heterocycles. The van der Waals surface area contributed by atoms with E-state index in [4.69, 9.17) is 5.73 Å². The van der Waals surface area contributed by atoms with Gasteiger partial charge in [0.1, 0.15) is 0 Å². The maximum Gasteiger partial charge on any atom is 0.0603 e. The second kappa shape index (κ2) is 6.55. The molecule has 1 unspecified atom stereocenters. The van der Waals surface area contributed by atoms with Gasteiger partial charge >= 0.3 is 0 Å². The third-order valence-electron chi connectivity index (χ3n) is 3.38. The van der Waals surface area contributed by atoms with Crippen LogP contribution in [0.2, 0.25) is 0 Å². The quantitative estimate of drug-likeness (QED) is 0.884. The smallest absolute Gasteiger partial charge is 0.0603 e. The lowest BCUT2D eigenvalue weighted by Crippen LogP contribution is -2.22. The van der Waals surface area contributed by atoms with E-state index in [1.807, 2.05) is 0 Å². The van der Waals surface area contributed by atoms with Crippen LogP contribution in [0.3, 0.4) is 0 Å². The van der Waals surface area contributed by atoms with Gasteiger partial charge in [0, 0.05) is 22.1 Å². The number of halogens is 1. The number of thiophene rings is 1. The van der Waals surface area contributed by atoms with Crippen LogP contribution in [0.1, 0.15) is 23.4 Å². The van der Waals surface area contributed by atoms with Gasteiger partial charge in [-0.15, -0.1) is 11.3 Å². The molecule has 0 saturated carbocycles. The predicted molar refractivity (Wildman–Crippen MR) is 88.0 cm³/mol. The van der Waals surface area contributed by atoms with Crippen LogP contribution < -0.4 is 10.6 Å². The predicted octanol–water partition coefficient (Wildman–Crippen LogP) is 4.21. The Morgan fingerprint density at radius 2 is 2.16 bits per heavy atom. The highest BCUT2D eigenvalue weighted by Crippen LogP contribution is 2.32. The molecule has 1 aromatic heterocycles. The van der Waals surface area contributed by atoms with Crippen molar-refractivity contribution in [1.82, 2.24) is 0 Å². The van der Waals surface area contributed by atoms with Crippen molar-refractivity contribution >= 4 is 33.0 Å². The molecular weight excluding hydrogens is 320 g/mol. The largest absolute Gasteiger partial charge is 0.367 e. The van der Waals surface area contributed by atoms with Crippen molar-refractivity contribution in [1.29, 1.82) is 0 Å². The minimum absolute atomic E-state index is 0.367. The van der Waals surface area contributed by atoms with E-state index in [0.29, 0.717) is 12.6 Å². The average Bonchev–Trinajstić information content (AvgIpc) is 2.93. The molecule has 4 heteroatoms. The van der Waals surface area contributed by atoms with E-state index in [-0.39, 0.29) is 0 Å². The monoisotopic (exact) mass is 338 g/mol. The van der Waals surface area contributed by atoms with Crippen LogP contribution in [0.5, 0.6) is 0 Å².